The summed E-state index contributed by atoms with van der Waals surface area (Å²) in [5, 5.41) is 10.3. The number of H-pyrrole nitrogens is 1. The highest BCUT2D eigenvalue weighted by molar-refractivity contribution is 6.37. The number of amides is 5. The number of aromatic nitrogens is 2. The first-order valence-corrected chi connectivity index (χ1v) is 21.3. The van der Waals surface area contributed by atoms with E-state index in [2.05, 4.69) is 86.6 Å². The predicted octanol–water partition coefficient (Wildman–Crippen LogP) is 7.37. The summed E-state index contributed by atoms with van der Waals surface area (Å²) in [6, 6.07) is -0.629. The van der Waals surface area contributed by atoms with E-state index in [1.165, 1.54) is 36.7 Å². The summed E-state index contributed by atoms with van der Waals surface area (Å²) in [4.78, 5) is 80.5. The quantitative estimate of drug-likeness (QED) is 0.115. The Morgan fingerprint density at radius 1 is 0.818 bits per heavy atom. The van der Waals surface area contributed by atoms with Crippen molar-refractivity contribution in [1.29, 1.82) is 0 Å². The number of ketones is 1. The fraction of sp³-hybridized carbons (Fsp3) is 0.786. The summed E-state index contributed by atoms with van der Waals surface area (Å²) in [5.41, 5.74) is 0.484. The number of carbonyl (C=O) groups is 6. The van der Waals surface area contributed by atoms with Crippen LogP contribution in [0.4, 0.5) is 0 Å². The van der Waals surface area contributed by atoms with E-state index in [9.17, 15) is 28.8 Å². The van der Waals surface area contributed by atoms with E-state index in [-0.39, 0.29) is 42.8 Å². The van der Waals surface area contributed by atoms with E-state index in [4.69, 9.17) is 0 Å². The molecule has 2 heterocycles. The van der Waals surface area contributed by atoms with Gasteiger partial charge in [-0.3, -0.25) is 28.8 Å². The lowest BCUT2D eigenvalue weighted by Crippen LogP contribution is -2.52. The SMILES string of the molecule is CC.CC.CCC.CCC.CCC.CCCC(CC)CC(=O)NCC(=O)N1CC[C@H](CCC)C1C(=O)NCC(=O)C(=O)NC1CC1.CNC(=O)c1cnc[nH]1. The highest BCUT2D eigenvalue weighted by atomic mass is 16.2. The Balaban J connectivity index is -0.000000483. The van der Waals surface area contributed by atoms with Gasteiger partial charge in [0.05, 0.1) is 25.6 Å². The predicted molar refractivity (Wildman–Crippen MR) is 227 cm³/mol. The Bertz CT molecular complexity index is 1110. The molecule has 13 heteroatoms. The molecule has 5 N–H and O–H groups in total. The molecule has 1 aromatic heterocycles. The molecule has 2 fully saturated rings. The summed E-state index contributed by atoms with van der Waals surface area (Å²) >= 11 is 0. The van der Waals surface area contributed by atoms with Crippen molar-refractivity contribution < 1.29 is 28.8 Å². The molecule has 0 aromatic carbocycles. The number of hydrogen-bond acceptors (Lipinski definition) is 7. The van der Waals surface area contributed by atoms with Crippen molar-refractivity contribution >= 4 is 35.3 Å². The first-order chi connectivity index (χ1) is 26.4. The molecule has 1 aliphatic carbocycles. The number of carbonyl (C=O) groups excluding carboxylic acids is 6. The zero-order valence-corrected chi connectivity index (χ0v) is 37.4. The Kier molecular flexibility index (Phi) is 42.0. The first kappa shape index (κ1) is 57.9. The van der Waals surface area contributed by atoms with E-state index in [1.807, 2.05) is 34.6 Å². The minimum Gasteiger partial charge on any atom is -0.354 e. The minimum absolute atomic E-state index is 0.0147. The van der Waals surface area contributed by atoms with Crippen molar-refractivity contribution in [2.24, 2.45) is 11.8 Å². The number of likely N-dealkylation sites (tertiary alicyclic amines) is 1. The highest BCUT2D eigenvalue weighted by Crippen LogP contribution is 2.28. The lowest BCUT2D eigenvalue weighted by molar-refractivity contribution is -0.141. The molecule has 13 nitrogen and oxygen atoms in total. The van der Waals surface area contributed by atoms with Crippen LogP contribution in [0.2, 0.25) is 0 Å². The van der Waals surface area contributed by atoms with Crippen molar-refractivity contribution in [3.05, 3.63) is 18.2 Å². The van der Waals surface area contributed by atoms with Crippen molar-refractivity contribution in [2.45, 2.75) is 179 Å². The zero-order valence-electron chi connectivity index (χ0n) is 37.4. The third-order valence-electron chi connectivity index (χ3n) is 7.52. The van der Waals surface area contributed by atoms with Crippen LogP contribution in [0.15, 0.2) is 12.5 Å². The summed E-state index contributed by atoms with van der Waals surface area (Å²) in [7, 11) is 1.57. The summed E-state index contributed by atoms with van der Waals surface area (Å²) in [6.45, 7) is 26.8. The van der Waals surface area contributed by atoms with E-state index < -0.39 is 23.6 Å². The lowest BCUT2D eigenvalue weighted by atomic mass is 9.94. The van der Waals surface area contributed by atoms with E-state index in [1.54, 1.807) is 7.05 Å². The van der Waals surface area contributed by atoms with Crippen LogP contribution in [-0.4, -0.2) is 89.0 Å². The van der Waals surface area contributed by atoms with E-state index in [0.29, 0.717) is 31.0 Å². The standard InChI is InChI=1S/C24H40N4O5.C5H7N3O.3C3H8.2C2H6/c1-4-7-16(6-3)13-20(30)25-15-21(31)28-12-11-17(8-5-2)22(28)24(33)26-14-19(29)23(32)27-18-9-10-18;1-6-5(9)4-2-7-3-8-4;3*1-3-2;2*1-2/h16-18,22H,4-15H2,1-3H3,(H,25,30)(H,26,33)(H,27,32);2-3H,1H3,(H,6,9)(H,7,8);3*3H2,1-2H3;2*1-2H3/t16?,17-,22?;;;;;;/m0....../s1. The molecule has 1 aliphatic heterocycles. The zero-order chi connectivity index (χ0) is 43.2. The van der Waals surface area contributed by atoms with Gasteiger partial charge in [-0.15, -0.1) is 0 Å². The number of rotatable bonds is 15. The Morgan fingerprint density at radius 3 is 1.82 bits per heavy atom. The van der Waals surface area contributed by atoms with Gasteiger partial charge >= 0.3 is 0 Å². The van der Waals surface area contributed by atoms with Crippen LogP contribution in [-0.2, 0) is 24.0 Å². The third kappa shape index (κ3) is 29.2. The Hall–Kier alpha value is -3.77. The maximum Gasteiger partial charge on any atom is 0.289 e. The molecule has 1 saturated heterocycles. The monoisotopic (exact) mass is 782 g/mol. The number of Topliss-reactive ketones (excluding diaryl/α,β-unsaturated/α-hetero) is 1. The molecule has 5 amide bonds. The maximum absolute atomic E-state index is 12.9. The molecule has 1 saturated carbocycles. The van der Waals surface area contributed by atoms with Crippen molar-refractivity contribution in [1.82, 2.24) is 36.1 Å². The fourth-order valence-corrected chi connectivity index (χ4v) is 4.99. The lowest BCUT2D eigenvalue weighted by Gasteiger charge is -2.27. The molecule has 2 aliphatic rings. The van der Waals surface area contributed by atoms with Crippen LogP contribution >= 0.6 is 0 Å². The van der Waals surface area contributed by atoms with Gasteiger partial charge < -0.3 is 31.2 Å². The second-order valence-electron chi connectivity index (χ2n) is 13.0. The smallest absolute Gasteiger partial charge is 0.289 e. The summed E-state index contributed by atoms with van der Waals surface area (Å²) < 4.78 is 0. The number of nitrogens with one attached hydrogen (secondary N) is 5. The van der Waals surface area contributed by atoms with Crippen molar-refractivity contribution in [3.8, 4) is 0 Å². The highest BCUT2D eigenvalue weighted by Gasteiger charge is 2.41. The van der Waals surface area contributed by atoms with Crippen LogP contribution in [0.1, 0.15) is 178 Å². The molecule has 0 radical (unpaired) electrons. The maximum atomic E-state index is 12.9. The van der Waals surface area contributed by atoms with Gasteiger partial charge in [-0.2, -0.15) is 0 Å². The number of aromatic amines is 1. The molecule has 2 unspecified atom stereocenters. The Morgan fingerprint density at radius 2 is 1.38 bits per heavy atom. The molecule has 1 aromatic rings. The summed E-state index contributed by atoms with van der Waals surface area (Å²) in [5.74, 6) is -2.11. The number of nitrogens with zero attached hydrogens (tertiary/aromatic N) is 2. The van der Waals surface area contributed by atoms with Gasteiger partial charge in [0.25, 0.3) is 11.8 Å². The number of hydrogen-bond donors (Lipinski definition) is 5. The van der Waals surface area contributed by atoms with Gasteiger partial charge in [-0.25, -0.2) is 4.98 Å². The fourth-order valence-electron chi connectivity index (χ4n) is 4.99. The summed E-state index contributed by atoms with van der Waals surface area (Å²) in [6.07, 6.45) is 14.1. The van der Waals surface area contributed by atoms with Gasteiger partial charge in [0.15, 0.2) is 0 Å². The van der Waals surface area contributed by atoms with E-state index in [0.717, 1.165) is 44.9 Å². The average Bonchev–Trinajstić information content (AvgIpc) is 3.63. The molecule has 0 spiro atoms. The van der Waals surface area contributed by atoms with Gasteiger partial charge in [0.2, 0.25) is 23.5 Å². The first-order valence-electron chi connectivity index (χ1n) is 21.3. The number of imidazole rings is 1. The van der Waals surface area contributed by atoms with Crippen LogP contribution in [0, 0.1) is 11.8 Å². The minimum atomic E-state index is -0.697. The second kappa shape index (κ2) is 39.9. The average molecular weight is 782 g/mol. The Labute approximate surface area is 335 Å². The normalized spacial score (nSPS) is 15.1. The van der Waals surface area contributed by atoms with Gasteiger partial charge in [-0.1, -0.05) is 135 Å². The van der Waals surface area contributed by atoms with Crippen LogP contribution in [0.3, 0.4) is 0 Å². The van der Waals surface area contributed by atoms with Crippen LogP contribution in [0.5, 0.6) is 0 Å². The largest absolute Gasteiger partial charge is 0.354 e. The van der Waals surface area contributed by atoms with Gasteiger partial charge in [0, 0.05) is 26.1 Å². The molecule has 0 bridgehead atoms. The molecular weight excluding hydrogens is 699 g/mol. The van der Waals surface area contributed by atoms with E-state index >= 15 is 0 Å². The molecule has 55 heavy (non-hydrogen) atoms. The topological polar surface area (TPSA) is 182 Å². The van der Waals surface area contributed by atoms with Crippen LogP contribution in [0.25, 0.3) is 0 Å². The molecule has 3 atom stereocenters. The van der Waals surface area contributed by atoms with Crippen LogP contribution < -0.4 is 21.3 Å². The third-order valence-corrected chi connectivity index (χ3v) is 7.52. The van der Waals surface area contributed by atoms with Crippen molar-refractivity contribution in [3.63, 3.8) is 0 Å². The molecular formula is C42H83N7O6. The van der Waals surface area contributed by atoms with Gasteiger partial charge in [-0.05, 0) is 37.5 Å². The molecule has 3 rings (SSSR count). The van der Waals surface area contributed by atoms with Crippen molar-refractivity contribution in [2.75, 3.05) is 26.7 Å². The van der Waals surface area contributed by atoms with Gasteiger partial charge in [0.1, 0.15) is 11.7 Å². The second-order valence-corrected chi connectivity index (χ2v) is 13.0. The molecule has 322 valence electrons.